The van der Waals surface area contributed by atoms with Crippen LogP contribution in [0.2, 0.25) is 5.02 Å². The molecular weight excluding hydrogens is 374 g/mol. The van der Waals surface area contributed by atoms with Gasteiger partial charge in [0.15, 0.2) is 5.69 Å². The second-order valence-corrected chi connectivity index (χ2v) is 7.96. The zero-order chi connectivity index (χ0) is 19.8. The Labute approximate surface area is 168 Å². The number of halogens is 1. The number of carbonyl (C=O) groups excluding carboxylic acids is 1. The van der Waals surface area contributed by atoms with Gasteiger partial charge in [0, 0.05) is 23.0 Å². The van der Waals surface area contributed by atoms with Crippen LogP contribution in [-0.4, -0.2) is 26.6 Å². The third-order valence-electron chi connectivity index (χ3n) is 5.03. The van der Waals surface area contributed by atoms with Crippen LogP contribution in [0.4, 0.5) is 0 Å². The van der Waals surface area contributed by atoms with Crippen molar-refractivity contribution in [3.8, 4) is 0 Å². The largest absolute Gasteiger partial charge is 0.330 e. The van der Waals surface area contributed by atoms with Crippen LogP contribution in [0.1, 0.15) is 48.8 Å². The molecule has 4 rings (SSSR count). The van der Waals surface area contributed by atoms with Gasteiger partial charge in [0.05, 0.1) is 11.4 Å². The van der Waals surface area contributed by atoms with E-state index in [1.54, 1.807) is 12.1 Å². The Morgan fingerprint density at radius 3 is 2.39 bits per heavy atom. The lowest BCUT2D eigenvalue weighted by molar-refractivity contribution is 0.0723. The summed E-state index contributed by atoms with van der Waals surface area (Å²) in [6.45, 7) is 4.28. The quantitative estimate of drug-likeness (QED) is 0.641. The fraction of sp³-hybridized carbons (Fsp3) is 0.318. The third-order valence-corrected chi connectivity index (χ3v) is 5.29. The highest BCUT2D eigenvalue weighted by Crippen LogP contribution is 2.31. The number of amides is 1. The molecule has 1 aromatic heterocycles. The summed E-state index contributed by atoms with van der Waals surface area (Å²) in [6.07, 6.45) is 1.97. The maximum atomic E-state index is 13.5. The average Bonchev–Trinajstić information content (AvgIpc) is 3.52. The molecule has 1 aliphatic carbocycles. The van der Waals surface area contributed by atoms with Gasteiger partial charge in [-0.2, -0.15) is 5.10 Å². The Kier molecular flexibility index (Phi) is 4.94. The van der Waals surface area contributed by atoms with Crippen molar-refractivity contribution in [2.45, 2.75) is 45.3 Å². The van der Waals surface area contributed by atoms with Crippen LogP contribution in [0.25, 0.3) is 10.8 Å². The first-order valence-electron chi connectivity index (χ1n) is 9.52. The van der Waals surface area contributed by atoms with Crippen molar-refractivity contribution >= 4 is 28.3 Å². The first kappa shape index (κ1) is 18.7. The molecule has 28 heavy (non-hydrogen) atoms. The van der Waals surface area contributed by atoms with Gasteiger partial charge in [0.25, 0.3) is 11.5 Å². The molecule has 1 amide bonds. The molecule has 2 aromatic carbocycles. The summed E-state index contributed by atoms with van der Waals surface area (Å²) in [4.78, 5) is 28.1. The van der Waals surface area contributed by atoms with E-state index in [9.17, 15) is 9.59 Å². The molecule has 0 spiro atoms. The number of hydrogen-bond donors (Lipinski definition) is 0. The van der Waals surface area contributed by atoms with Gasteiger partial charge in [-0.3, -0.25) is 9.59 Å². The van der Waals surface area contributed by atoms with E-state index in [2.05, 4.69) is 5.10 Å². The van der Waals surface area contributed by atoms with E-state index in [1.807, 2.05) is 55.1 Å². The second-order valence-electron chi connectivity index (χ2n) is 7.53. The molecule has 144 valence electrons. The first-order valence-corrected chi connectivity index (χ1v) is 9.90. The summed E-state index contributed by atoms with van der Waals surface area (Å²) in [5.74, 6) is -0.136. The minimum Gasteiger partial charge on any atom is -0.330 e. The minimum atomic E-state index is -0.169. The molecule has 1 fully saturated rings. The van der Waals surface area contributed by atoms with E-state index in [-0.39, 0.29) is 23.6 Å². The van der Waals surface area contributed by atoms with E-state index in [1.165, 1.54) is 4.68 Å². The van der Waals surface area contributed by atoms with Gasteiger partial charge in [-0.1, -0.05) is 41.9 Å². The smallest absolute Gasteiger partial charge is 0.275 e. The van der Waals surface area contributed by atoms with Gasteiger partial charge in [-0.25, -0.2) is 4.68 Å². The van der Waals surface area contributed by atoms with E-state index >= 15 is 0 Å². The van der Waals surface area contributed by atoms with Gasteiger partial charge in [0.1, 0.15) is 0 Å². The second kappa shape index (κ2) is 7.40. The van der Waals surface area contributed by atoms with Crippen molar-refractivity contribution in [1.82, 2.24) is 14.7 Å². The van der Waals surface area contributed by atoms with Crippen LogP contribution in [0, 0.1) is 0 Å². The Morgan fingerprint density at radius 1 is 1.14 bits per heavy atom. The SMILES string of the molecule is CC(C)n1nc(C(=O)N(Cc2ccc(Cl)cc2)C2CC2)c2ccccc2c1=O. The molecule has 0 aliphatic heterocycles. The Balaban J connectivity index is 1.79. The lowest BCUT2D eigenvalue weighted by Crippen LogP contribution is -2.36. The number of nitrogens with zero attached hydrogens (tertiary/aromatic N) is 3. The van der Waals surface area contributed by atoms with E-state index < -0.39 is 0 Å². The molecule has 1 heterocycles. The molecule has 3 aromatic rings. The highest BCUT2D eigenvalue weighted by molar-refractivity contribution is 6.30. The molecule has 0 atom stereocenters. The Hall–Kier alpha value is -2.66. The molecule has 1 aliphatic rings. The number of aromatic nitrogens is 2. The highest BCUT2D eigenvalue weighted by Gasteiger charge is 2.35. The maximum Gasteiger partial charge on any atom is 0.275 e. The maximum absolute atomic E-state index is 13.5. The predicted molar refractivity (Wildman–Crippen MR) is 111 cm³/mol. The van der Waals surface area contributed by atoms with Crippen LogP contribution >= 0.6 is 11.6 Å². The Morgan fingerprint density at radius 2 is 1.79 bits per heavy atom. The fourth-order valence-corrected chi connectivity index (χ4v) is 3.52. The van der Waals surface area contributed by atoms with Gasteiger partial charge in [-0.15, -0.1) is 0 Å². The molecule has 0 saturated heterocycles. The summed E-state index contributed by atoms with van der Waals surface area (Å²) < 4.78 is 1.41. The number of fused-ring (bicyclic) bond motifs is 1. The van der Waals surface area contributed by atoms with Crippen LogP contribution in [-0.2, 0) is 6.54 Å². The summed E-state index contributed by atoms with van der Waals surface area (Å²) >= 11 is 5.99. The zero-order valence-electron chi connectivity index (χ0n) is 15.9. The highest BCUT2D eigenvalue weighted by atomic mass is 35.5. The van der Waals surface area contributed by atoms with E-state index in [4.69, 9.17) is 11.6 Å². The van der Waals surface area contributed by atoms with Gasteiger partial charge < -0.3 is 4.90 Å². The van der Waals surface area contributed by atoms with Crippen LogP contribution in [0.15, 0.2) is 53.3 Å². The van der Waals surface area contributed by atoms with Gasteiger partial charge >= 0.3 is 0 Å². The molecule has 0 unspecified atom stereocenters. The monoisotopic (exact) mass is 395 g/mol. The van der Waals surface area contributed by atoms with Crippen molar-refractivity contribution in [3.63, 3.8) is 0 Å². The lowest BCUT2D eigenvalue weighted by atomic mass is 10.1. The number of rotatable bonds is 5. The molecule has 0 bridgehead atoms. The first-order chi connectivity index (χ1) is 13.5. The molecule has 0 N–H and O–H groups in total. The van der Waals surface area contributed by atoms with Crippen molar-refractivity contribution in [3.05, 3.63) is 75.2 Å². The van der Waals surface area contributed by atoms with E-state index in [0.29, 0.717) is 28.0 Å². The van der Waals surface area contributed by atoms with Crippen LogP contribution < -0.4 is 5.56 Å². The van der Waals surface area contributed by atoms with Crippen molar-refractivity contribution in [1.29, 1.82) is 0 Å². The molecule has 1 saturated carbocycles. The van der Waals surface area contributed by atoms with E-state index in [0.717, 1.165) is 18.4 Å². The summed E-state index contributed by atoms with van der Waals surface area (Å²) in [5, 5.41) is 6.28. The van der Waals surface area contributed by atoms with Crippen LogP contribution in [0.3, 0.4) is 0 Å². The lowest BCUT2D eigenvalue weighted by Gasteiger charge is -2.23. The summed E-state index contributed by atoms with van der Waals surface area (Å²) in [6, 6.07) is 14.8. The van der Waals surface area contributed by atoms with Crippen LogP contribution in [0.5, 0.6) is 0 Å². The number of carbonyl (C=O) groups is 1. The summed E-state index contributed by atoms with van der Waals surface area (Å²) in [5.41, 5.74) is 1.19. The predicted octanol–water partition coefficient (Wildman–Crippen LogP) is 4.44. The molecule has 6 heteroatoms. The number of benzene rings is 2. The summed E-state index contributed by atoms with van der Waals surface area (Å²) in [7, 11) is 0. The minimum absolute atomic E-state index is 0.130. The standard InChI is InChI=1S/C22H22ClN3O2/c1-14(2)26-21(27)19-6-4-3-5-18(19)20(24-26)22(28)25(17-11-12-17)13-15-7-9-16(23)10-8-15/h3-10,14,17H,11-13H2,1-2H3. The Bertz CT molecular complexity index is 1090. The normalized spacial score (nSPS) is 13.9. The average molecular weight is 396 g/mol. The van der Waals surface area contributed by atoms with Gasteiger partial charge in [-0.05, 0) is 50.5 Å². The third kappa shape index (κ3) is 3.54. The van der Waals surface area contributed by atoms with Gasteiger partial charge in [0.2, 0.25) is 0 Å². The molecule has 0 radical (unpaired) electrons. The van der Waals surface area contributed by atoms with Crippen molar-refractivity contribution < 1.29 is 4.79 Å². The molecular formula is C22H22ClN3O2. The van der Waals surface area contributed by atoms with Crippen molar-refractivity contribution in [2.24, 2.45) is 0 Å². The molecule has 5 nitrogen and oxygen atoms in total. The number of hydrogen-bond acceptors (Lipinski definition) is 3. The zero-order valence-corrected chi connectivity index (χ0v) is 16.7. The topological polar surface area (TPSA) is 55.2 Å². The van der Waals surface area contributed by atoms with Crippen molar-refractivity contribution in [2.75, 3.05) is 0 Å². The fourth-order valence-electron chi connectivity index (χ4n) is 3.39.